The van der Waals surface area contributed by atoms with Crippen LogP contribution < -0.4 is 5.32 Å². The van der Waals surface area contributed by atoms with Gasteiger partial charge in [-0.05, 0) is 43.2 Å². The predicted octanol–water partition coefficient (Wildman–Crippen LogP) is 4.72. The van der Waals surface area contributed by atoms with Gasteiger partial charge in [-0.2, -0.15) is 0 Å². The highest BCUT2D eigenvalue weighted by atomic mass is 16.5. The molecule has 4 heteroatoms. The second-order valence-corrected chi connectivity index (χ2v) is 7.63. The summed E-state index contributed by atoms with van der Waals surface area (Å²) < 4.78 is 5.27. The van der Waals surface area contributed by atoms with E-state index in [0.717, 1.165) is 24.1 Å². The van der Waals surface area contributed by atoms with E-state index in [2.05, 4.69) is 26.1 Å². The SMILES string of the molecule is Cc1ccccc1NC(=O)CCCOC(=O)C(C)CCC(C)(C)C. The second kappa shape index (κ2) is 9.45. The molecule has 0 aliphatic carbocycles. The lowest BCUT2D eigenvalue weighted by Crippen LogP contribution is -2.19. The number of rotatable bonds is 8. The van der Waals surface area contributed by atoms with Gasteiger partial charge in [-0.15, -0.1) is 0 Å². The molecule has 0 saturated heterocycles. The van der Waals surface area contributed by atoms with Gasteiger partial charge in [0.1, 0.15) is 0 Å². The van der Waals surface area contributed by atoms with E-state index in [1.54, 1.807) is 0 Å². The van der Waals surface area contributed by atoms with Crippen molar-refractivity contribution < 1.29 is 14.3 Å². The molecule has 1 rings (SSSR count). The van der Waals surface area contributed by atoms with Crippen molar-refractivity contribution in [1.29, 1.82) is 0 Å². The van der Waals surface area contributed by atoms with Gasteiger partial charge in [0.15, 0.2) is 0 Å². The zero-order valence-electron chi connectivity index (χ0n) is 15.6. The number of anilines is 1. The van der Waals surface area contributed by atoms with Crippen molar-refractivity contribution in [3.63, 3.8) is 0 Å². The first-order valence-corrected chi connectivity index (χ1v) is 8.71. The molecule has 0 spiro atoms. The average Bonchev–Trinajstić information content (AvgIpc) is 2.50. The van der Waals surface area contributed by atoms with Gasteiger partial charge in [0.25, 0.3) is 0 Å². The van der Waals surface area contributed by atoms with Gasteiger partial charge in [0.05, 0.1) is 12.5 Å². The number of para-hydroxylation sites is 1. The summed E-state index contributed by atoms with van der Waals surface area (Å²) in [5.41, 5.74) is 2.09. The zero-order valence-corrected chi connectivity index (χ0v) is 15.6. The summed E-state index contributed by atoms with van der Waals surface area (Å²) in [5.74, 6) is -0.315. The van der Waals surface area contributed by atoms with Crippen LogP contribution in [0.4, 0.5) is 5.69 Å². The van der Waals surface area contributed by atoms with E-state index in [4.69, 9.17) is 4.74 Å². The van der Waals surface area contributed by atoms with Gasteiger partial charge in [0.2, 0.25) is 5.91 Å². The summed E-state index contributed by atoms with van der Waals surface area (Å²) in [6.07, 6.45) is 2.70. The number of hydrogen-bond acceptors (Lipinski definition) is 3. The fraction of sp³-hybridized carbons (Fsp3) is 0.600. The molecule has 0 aliphatic heterocycles. The van der Waals surface area contributed by atoms with Gasteiger partial charge < -0.3 is 10.1 Å². The van der Waals surface area contributed by atoms with Crippen molar-refractivity contribution in [3.8, 4) is 0 Å². The van der Waals surface area contributed by atoms with Crippen molar-refractivity contribution in [3.05, 3.63) is 29.8 Å². The van der Waals surface area contributed by atoms with Gasteiger partial charge in [-0.3, -0.25) is 9.59 Å². The molecule has 0 heterocycles. The van der Waals surface area contributed by atoms with Crippen LogP contribution in [0.15, 0.2) is 24.3 Å². The Kier molecular flexibility index (Phi) is 7.96. The first kappa shape index (κ1) is 20.2. The number of ether oxygens (including phenoxy) is 1. The Morgan fingerprint density at radius 2 is 1.88 bits per heavy atom. The first-order chi connectivity index (χ1) is 11.2. The number of benzene rings is 1. The smallest absolute Gasteiger partial charge is 0.308 e. The molecule has 1 unspecified atom stereocenters. The maximum absolute atomic E-state index is 11.9. The highest BCUT2D eigenvalue weighted by Gasteiger charge is 2.18. The van der Waals surface area contributed by atoms with Crippen LogP contribution in [0.5, 0.6) is 0 Å². The van der Waals surface area contributed by atoms with E-state index in [0.29, 0.717) is 19.4 Å². The summed E-state index contributed by atoms with van der Waals surface area (Å²) in [6, 6.07) is 7.66. The fourth-order valence-corrected chi connectivity index (χ4v) is 2.24. The van der Waals surface area contributed by atoms with Gasteiger partial charge in [-0.1, -0.05) is 45.9 Å². The Balaban J connectivity index is 2.22. The van der Waals surface area contributed by atoms with E-state index >= 15 is 0 Å². The Morgan fingerprint density at radius 3 is 2.50 bits per heavy atom. The van der Waals surface area contributed by atoms with Crippen LogP contribution in [0.1, 0.15) is 58.9 Å². The Bertz CT molecular complexity index is 546. The van der Waals surface area contributed by atoms with Crippen molar-refractivity contribution >= 4 is 17.6 Å². The number of hydrogen-bond donors (Lipinski definition) is 1. The van der Waals surface area contributed by atoms with Gasteiger partial charge in [-0.25, -0.2) is 0 Å². The topological polar surface area (TPSA) is 55.4 Å². The molecule has 1 aromatic rings. The summed E-state index contributed by atoms with van der Waals surface area (Å²) in [4.78, 5) is 23.8. The molecule has 1 atom stereocenters. The third kappa shape index (κ3) is 8.14. The maximum atomic E-state index is 11.9. The van der Waals surface area contributed by atoms with E-state index in [-0.39, 0.29) is 23.2 Å². The lowest BCUT2D eigenvalue weighted by atomic mass is 9.87. The van der Waals surface area contributed by atoms with Gasteiger partial charge in [0, 0.05) is 12.1 Å². The fourth-order valence-electron chi connectivity index (χ4n) is 2.24. The number of esters is 1. The minimum atomic E-state index is -0.168. The Hall–Kier alpha value is -1.84. The summed E-state index contributed by atoms with van der Waals surface area (Å²) in [5, 5.41) is 2.88. The molecular formula is C20H31NO3. The molecular weight excluding hydrogens is 302 g/mol. The maximum Gasteiger partial charge on any atom is 0.308 e. The lowest BCUT2D eigenvalue weighted by molar-refractivity contribution is -0.148. The second-order valence-electron chi connectivity index (χ2n) is 7.63. The predicted molar refractivity (Wildman–Crippen MR) is 97.9 cm³/mol. The van der Waals surface area contributed by atoms with Crippen LogP contribution in [0.2, 0.25) is 0 Å². The Labute approximate surface area is 146 Å². The van der Waals surface area contributed by atoms with Gasteiger partial charge >= 0.3 is 5.97 Å². The highest BCUT2D eigenvalue weighted by Crippen LogP contribution is 2.24. The minimum Gasteiger partial charge on any atom is -0.465 e. The normalized spacial score (nSPS) is 12.5. The van der Waals surface area contributed by atoms with Crippen molar-refractivity contribution in [2.75, 3.05) is 11.9 Å². The average molecular weight is 333 g/mol. The van der Waals surface area contributed by atoms with Crippen molar-refractivity contribution in [1.82, 2.24) is 0 Å². The molecule has 0 fully saturated rings. The third-order valence-corrected chi connectivity index (χ3v) is 3.94. The van der Waals surface area contributed by atoms with Crippen LogP contribution >= 0.6 is 0 Å². The third-order valence-electron chi connectivity index (χ3n) is 3.94. The monoisotopic (exact) mass is 333 g/mol. The van der Waals surface area contributed by atoms with Crippen molar-refractivity contribution in [2.45, 2.75) is 60.3 Å². The lowest BCUT2D eigenvalue weighted by Gasteiger charge is -2.20. The molecule has 1 aromatic carbocycles. The molecule has 1 amide bonds. The van der Waals surface area contributed by atoms with Crippen LogP contribution in [-0.2, 0) is 14.3 Å². The van der Waals surface area contributed by atoms with E-state index in [1.807, 2.05) is 38.1 Å². The molecule has 1 N–H and O–H groups in total. The number of amides is 1. The minimum absolute atomic E-state index is 0.0545. The van der Waals surface area contributed by atoms with Crippen LogP contribution in [0.25, 0.3) is 0 Å². The van der Waals surface area contributed by atoms with Crippen LogP contribution in [0.3, 0.4) is 0 Å². The zero-order chi connectivity index (χ0) is 18.2. The van der Waals surface area contributed by atoms with Crippen molar-refractivity contribution in [2.24, 2.45) is 11.3 Å². The van der Waals surface area contributed by atoms with E-state index < -0.39 is 0 Å². The summed E-state index contributed by atoms with van der Waals surface area (Å²) >= 11 is 0. The quantitative estimate of drug-likeness (QED) is 0.553. The molecule has 0 radical (unpaired) electrons. The first-order valence-electron chi connectivity index (χ1n) is 8.71. The molecule has 0 aliphatic rings. The number of aryl methyl sites for hydroxylation is 1. The number of carbonyl (C=O) groups excluding carboxylic acids is 2. The molecule has 4 nitrogen and oxygen atoms in total. The number of carbonyl (C=O) groups is 2. The molecule has 0 aromatic heterocycles. The largest absolute Gasteiger partial charge is 0.465 e. The molecule has 134 valence electrons. The van der Waals surface area contributed by atoms with E-state index in [1.165, 1.54) is 0 Å². The molecule has 0 saturated carbocycles. The standard InChI is InChI=1S/C20H31NO3/c1-15-9-6-7-10-17(15)21-18(22)11-8-14-24-19(23)16(2)12-13-20(3,4)5/h6-7,9-10,16H,8,11-14H2,1-5H3,(H,21,22). The van der Waals surface area contributed by atoms with Crippen LogP contribution in [-0.4, -0.2) is 18.5 Å². The Morgan fingerprint density at radius 1 is 1.21 bits per heavy atom. The molecule has 0 bridgehead atoms. The number of nitrogens with one attached hydrogen (secondary N) is 1. The summed E-state index contributed by atoms with van der Waals surface area (Å²) in [6.45, 7) is 10.6. The van der Waals surface area contributed by atoms with Crippen LogP contribution in [0, 0.1) is 18.3 Å². The molecule has 24 heavy (non-hydrogen) atoms. The highest BCUT2D eigenvalue weighted by molar-refractivity contribution is 5.91. The summed E-state index contributed by atoms with van der Waals surface area (Å²) in [7, 11) is 0. The van der Waals surface area contributed by atoms with E-state index in [9.17, 15) is 9.59 Å².